The van der Waals surface area contributed by atoms with Crippen molar-refractivity contribution in [3.8, 4) is 11.5 Å². The fourth-order valence-electron chi connectivity index (χ4n) is 3.69. The van der Waals surface area contributed by atoms with E-state index in [9.17, 15) is 18.0 Å². The van der Waals surface area contributed by atoms with Gasteiger partial charge in [0.15, 0.2) is 0 Å². The Morgan fingerprint density at radius 2 is 1.65 bits per heavy atom. The molecule has 162 valence electrons. The van der Waals surface area contributed by atoms with Gasteiger partial charge in [-0.25, -0.2) is 4.98 Å². The zero-order valence-electron chi connectivity index (χ0n) is 17.0. The molecule has 8 heteroatoms. The minimum Gasteiger partial charge on any atom is -0.441 e. The van der Waals surface area contributed by atoms with Crippen molar-refractivity contribution in [3.63, 3.8) is 0 Å². The Labute approximate surface area is 178 Å². The van der Waals surface area contributed by atoms with Crippen molar-refractivity contribution >= 4 is 5.91 Å². The summed E-state index contributed by atoms with van der Waals surface area (Å²) in [6.07, 6.45) is -4.56. The molecule has 3 aromatic rings. The van der Waals surface area contributed by atoms with Gasteiger partial charge in [-0.2, -0.15) is 13.2 Å². The Morgan fingerprint density at radius 3 is 2.32 bits per heavy atom. The second kappa shape index (κ2) is 8.55. The fraction of sp³-hybridized carbons (Fsp3) is 0.304. The lowest BCUT2D eigenvalue weighted by atomic mass is 10.1. The molecule has 2 aromatic carbocycles. The summed E-state index contributed by atoms with van der Waals surface area (Å²) < 4.78 is 45.5. The summed E-state index contributed by atoms with van der Waals surface area (Å²) in [6, 6.07) is 14.5. The lowest BCUT2D eigenvalue weighted by Crippen LogP contribution is -2.48. The van der Waals surface area contributed by atoms with E-state index in [2.05, 4.69) is 9.88 Å². The van der Waals surface area contributed by atoms with Crippen molar-refractivity contribution in [1.82, 2.24) is 14.8 Å². The molecule has 0 N–H and O–H groups in total. The van der Waals surface area contributed by atoms with E-state index in [-0.39, 0.29) is 5.56 Å². The van der Waals surface area contributed by atoms with Gasteiger partial charge in [0.05, 0.1) is 16.8 Å². The van der Waals surface area contributed by atoms with E-state index in [4.69, 9.17) is 4.42 Å². The largest absolute Gasteiger partial charge is 0.441 e. The van der Waals surface area contributed by atoms with Crippen LogP contribution < -0.4 is 0 Å². The normalized spacial score (nSPS) is 15.3. The van der Waals surface area contributed by atoms with Crippen LogP contribution in [0, 0.1) is 6.92 Å². The number of hydrogen-bond acceptors (Lipinski definition) is 4. The first-order chi connectivity index (χ1) is 14.8. The molecule has 31 heavy (non-hydrogen) atoms. The van der Waals surface area contributed by atoms with Crippen LogP contribution in [-0.2, 0) is 12.7 Å². The van der Waals surface area contributed by atoms with Crippen molar-refractivity contribution < 1.29 is 22.4 Å². The average molecular weight is 429 g/mol. The number of alkyl halides is 3. The molecule has 1 aliphatic heterocycles. The first-order valence-electron chi connectivity index (χ1n) is 10.0. The minimum absolute atomic E-state index is 0.303. The summed E-state index contributed by atoms with van der Waals surface area (Å²) in [7, 11) is 0. The van der Waals surface area contributed by atoms with E-state index in [1.807, 2.05) is 37.3 Å². The third-order valence-corrected chi connectivity index (χ3v) is 5.41. The highest BCUT2D eigenvalue weighted by Crippen LogP contribution is 2.32. The van der Waals surface area contributed by atoms with Gasteiger partial charge in [-0.15, -0.1) is 0 Å². The van der Waals surface area contributed by atoms with Crippen LogP contribution in [0.3, 0.4) is 0 Å². The van der Waals surface area contributed by atoms with E-state index >= 15 is 0 Å². The molecule has 0 unspecified atom stereocenters. The smallest absolute Gasteiger partial charge is 0.417 e. The number of piperazine rings is 1. The van der Waals surface area contributed by atoms with Gasteiger partial charge in [0.2, 0.25) is 5.89 Å². The van der Waals surface area contributed by atoms with Crippen LogP contribution in [0.5, 0.6) is 0 Å². The molecule has 2 heterocycles. The molecule has 0 atom stereocenters. The molecule has 0 saturated carbocycles. The summed E-state index contributed by atoms with van der Waals surface area (Å²) in [6.45, 7) is 4.23. The highest BCUT2D eigenvalue weighted by Gasteiger charge is 2.36. The SMILES string of the molecule is Cc1oc(-c2ccccc2)nc1CN1CCN(C(=O)c2ccccc2C(F)(F)F)CC1. The minimum atomic E-state index is -4.56. The fourth-order valence-corrected chi connectivity index (χ4v) is 3.69. The van der Waals surface area contributed by atoms with Gasteiger partial charge in [0.1, 0.15) is 5.76 Å². The average Bonchev–Trinajstić information content (AvgIpc) is 3.14. The Hall–Kier alpha value is -3.13. The molecular formula is C23H22F3N3O2. The highest BCUT2D eigenvalue weighted by atomic mass is 19.4. The van der Waals surface area contributed by atoms with Gasteiger partial charge in [-0.1, -0.05) is 30.3 Å². The van der Waals surface area contributed by atoms with Crippen LogP contribution in [0.4, 0.5) is 13.2 Å². The second-order valence-corrected chi connectivity index (χ2v) is 7.50. The Morgan fingerprint density at radius 1 is 1.00 bits per heavy atom. The molecule has 1 amide bonds. The number of carbonyl (C=O) groups excluding carboxylic acids is 1. The lowest BCUT2D eigenvalue weighted by Gasteiger charge is -2.34. The zero-order valence-corrected chi connectivity index (χ0v) is 17.0. The maximum atomic E-state index is 13.2. The number of benzene rings is 2. The number of halogens is 3. The summed E-state index contributed by atoms with van der Waals surface area (Å²) in [4.78, 5) is 20.9. The zero-order chi connectivity index (χ0) is 22.0. The number of nitrogens with zero attached hydrogens (tertiary/aromatic N) is 3. The summed E-state index contributed by atoms with van der Waals surface area (Å²) in [5.41, 5.74) is 0.522. The number of aryl methyl sites for hydroxylation is 1. The van der Waals surface area contributed by atoms with Gasteiger partial charge in [-0.3, -0.25) is 9.69 Å². The molecule has 1 aliphatic rings. The molecule has 0 radical (unpaired) electrons. The Bertz CT molecular complexity index is 1060. The molecule has 4 rings (SSSR count). The van der Waals surface area contributed by atoms with Crippen LogP contribution in [0.15, 0.2) is 59.0 Å². The third-order valence-electron chi connectivity index (χ3n) is 5.41. The van der Waals surface area contributed by atoms with Crippen LogP contribution in [0.1, 0.15) is 27.4 Å². The second-order valence-electron chi connectivity index (χ2n) is 7.50. The van der Waals surface area contributed by atoms with Crippen molar-refractivity contribution in [2.24, 2.45) is 0 Å². The van der Waals surface area contributed by atoms with Crippen LogP contribution in [-0.4, -0.2) is 46.9 Å². The van der Waals surface area contributed by atoms with Gasteiger partial charge in [0.25, 0.3) is 5.91 Å². The van der Waals surface area contributed by atoms with E-state index in [1.165, 1.54) is 23.1 Å². The molecular weight excluding hydrogens is 407 g/mol. The topological polar surface area (TPSA) is 49.6 Å². The molecule has 0 aliphatic carbocycles. The van der Waals surface area contributed by atoms with Gasteiger partial charge >= 0.3 is 6.18 Å². The molecule has 0 spiro atoms. The molecule has 1 fully saturated rings. The number of hydrogen-bond donors (Lipinski definition) is 0. The van der Waals surface area contributed by atoms with Crippen molar-refractivity contribution in [2.75, 3.05) is 26.2 Å². The number of oxazole rings is 1. The van der Waals surface area contributed by atoms with Gasteiger partial charge in [0, 0.05) is 38.3 Å². The molecule has 5 nitrogen and oxygen atoms in total. The monoisotopic (exact) mass is 429 g/mol. The first kappa shape index (κ1) is 21.1. The van der Waals surface area contributed by atoms with Crippen molar-refractivity contribution in [2.45, 2.75) is 19.6 Å². The standard InChI is InChI=1S/C23H22F3N3O2/c1-16-20(27-21(31-16)17-7-3-2-4-8-17)15-28-11-13-29(14-12-28)22(30)18-9-5-6-10-19(18)23(24,25)26/h2-10H,11-15H2,1H3. The van der Waals surface area contributed by atoms with Crippen molar-refractivity contribution in [1.29, 1.82) is 0 Å². The maximum Gasteiger partial charge on any atom is 0.417 e. The number of carbonyl (C=O) groups is 1. The molecule has 1 saturated heterocycles. The van der Waals surface area contributed by atoms with E-state index in [0.29, 0.717) is 38.6 Å². The van der Waals surface area contributed by atoms with Crippen LogP contribution in [0.2, 0.25) is 0 Å². The lowest BCUT2D eigenvalue weighted by molar-refractivity contribution is -0.138. The first-order valence-corrected chi connectivity index (χ1v) is 10.0. The quantitative estimate of drug-likeness (QED) is 0.607. The van der Waals surface area contributed by atoms with Crippen LogP contribution >= 0.6 is 0 Å². The predicted octanol–water partition coefficient (Wildman–Crippen LogP) is 4.63. The van der Waals surface area contributed by atoms with E-state index in [1.54, 1.807) is 0 Å². The molecule has 1 aromatic heterocycles. The van der Waals surface area contributed by atoms with Gasteiger partial charge < -0.3 is 9.32 Å². The van der Waals surface area contributed by atoms with E-state index in [0.717, 1.165) is 23.1 Å². The maximum absolute atomic E-state index is 13.2. The summed E-state index contributed by atoms with van der Waals surface area (Å²) in [5, 5.41) is 0. The van der Waals surface area contributed by atoms with Crippen molar-refractivity contribution in [3.05, 3.63) is 77.2 Å². The Balaban J connectivity index is 1.40. The number of amides is 1. The number of rotatable bonds is 4. The van der Waals surface area contributed by atoms with Crippen LogP contribution in [0.25, 0.3) is 11.5 Å². The molecule has 0 bridgehead atoms. The Kier molecular flexibility index (Phi) is 5.82. The highest BCUT2D eigenvalue weighted by molar-refractivity contribution is 5.96. The van der Waals surface area contributed by atoms with E-state index < -0.39 is 17.6 Å². The third kappa shape index (κ3) is 4.64. The predicted molar refractivity (Wildman–Crippen MR) is 109 cm³/mol. The number of aromatic nitrogens is 1. The van der Waals surface area contributed by atoms with Gasteiger partial charge in [-0.05, 0) is 31.2 Å². The summed E-state index contributed by atoms with van der Waals surface area (Å²) >= 11 is 0. The summed E-state index contributed by atoms with van der Waals surface area (Å²) in [5.74, 6) is 0.707.